The number of hydrogen-bond donors (Lipinski definition) is 2. The minimum absolute atomic E-state index is 0.0920. The first-order valence-electron chi connectivity index (χ1n) is 6.09. The van der Waals surface area contributed by atoms with Gasteiger partial charge in [0.25, 0.3) is 0 Å². The first-order valence-corrected chi connectivity index (χ1v) is 7.69. The second kappa shape index (κ2) is 6.85. The van der Waals surface area contributed by atoms with Gasteiger partial charge in [0.2, 0.25) is 0 Å². The Labute approximate surface area is 123 Å². The first-order chi connectivity index (χ1) is 9.22. The van der Waals surface area contributed by atoms with Crippen molar-refractivity contribution in [1.29, 1.82) is 0 Å². The Balaban J connectivity index is 2.15. The molecule has 2 nitrogen and oxygen atoms in total. The molecule has 0 bridgehead atoms. The van der Waals surface area contributed by atoms with E-state index >= 15 is 0 Å². The highest BCUT2D eigenvalue weighted by Gasteiger charge is 2.09. The van der Waals surface area contributed by atoms with Crippen LogP contribution >= 0.6 is 23.4 Å². The summed E-state index contributed by atoms with van der Waals surface area (Å²) in [5.74, 6) is 0. The maximum atomic E-state index is 5.98. The summed E-state index contributed by atoms with van der Waals surface area (Å²) in [6.07, 6.45) is 2.07. The van der Waals surface area contributed by atoms with Crippen LogP contribution < -0.4 is 11.1 Å². The second-order valence-electron chi connectivity index (χ2n) is 4.22. The van der Waals surface area contributed by atoms with Gasteiger partial charge in [-0.2, -0.15) is 0 Å². The quantitative estimate of drug-likeness (QED) is 0.812. The summed E-state index contributed by atoms with van der Waals surface area (Å²) in [6, 6.07) is 16.2. The smallest absolute Gasteiger partial charge is 0.0636 e. The number of hydrogen-bond acceptors (Lipinski definition) is 3. The zero-order valence-electron chi connectivity index (χ0n) is 10.8. The molecule has 4 heteroatoms. The van der Waals surface area contributed by atoms with Crippen LogP contribution in [0.2, 0.25) is 5.02 Å². The highest BCUT2D eigenvalue weighted by atomic mass is 35.5. The lowest BCUT2D eigenvalue weighted by atomic mass is 10.1. The summed E-state index contributed by atoms with van der Waals surface area (Å²) < 4.78 is 0. The van der Waals surface area contributed by atoms with Crippen LogP contribution in [0.15, 0.2) is 53.4 Å². The molecule has 0 aliphatic heterocycles. The van der Waals surface area contributed by atoms with E-state index in [1.165, 1.54) is 10.5 Å². The van der Waals surface area contributed by atoms with Gasteiger partial charge in [-0.1, -0.05) is 29.8 Å². The molecule has 0 radical (unpaired) electrons. The maximum absolute atomic E-state index is 5.98. The zero-order chi connectivity index (χ0) is 13.7. The molecule has 19 heavy (non-hydrogen) atoms. The summed E-state index contributed by atoms with van der Waals surface area (Å²) in [5.41, 5.74) is 8.02. The number of halogens is 1. The summed E-state index contributed by atoms with van der Waals surface area (Å²) in [4.78, 5) is 1.25. The second-order valence-corrected chi connectivity index (χ2v) is 5.53. The third-order valence-electron chi connectivity index (χ3n) is 2.92. The lowest BCUT2D eigenvalue weighted by Crippen LogP contribution is -2.20. The highest BCUT2D eigenvalue weighted by molar-refractivity contribution is 7.98. The average Bonchev–Trinajstić information content (AvgIpc) is 2.45. The summed E-state index contributed by atoms with van der Waals surface area (Å²) in [6.45, 7) is 0.533. The Hall–Kier alpha value is -1.16. The van der Waals surface area contributed by atoms with Gasteiger partial charge in [0.1, 0.15) is 0 Å². The van der Waals surface area contributed by atoms with E-state index in [4.69, 9.17) is 17.3 Å². The highest BCUT2D eigenvalue weighted by Crippen LogP contribution is 2.23. The Kier molecular flexibility index (Phi) is 5.14. The lowest BCUT2D eigenvalue weighted by Gasteiger charge is -2.19. The van der Waals surface area contributed by atoms with E-state index in [0.29, 0.717) is 6.54 Å². The van der Waals surface area contributed by atoms with Gasteiger partial charge in [0.05, 0.1) is 6.04 Å². The Bertz CT molecular complexity index is 528. The van der Waals surface area contributed by atoms with E-state index < -0.39 is 0 Å². The van der Waals surface area contributed by atoms with Crippen LogP contribution in [0.4, 0.5) is 5.69 Å². The number of rotatable bonds is 5. The van der Waals surface area contributed by atoms with Crippen LogP contribution in [-0.2, 0) is 0 Å². The largest absolute Gasteiger partial charge is 0.377 e. The Morgan fingerprint density at radius 1 is 1.21 bits per heavy atom. The SMILES string of the molecule is CSc1ccc(C(CN)Nc2cccc(Cl)c2)cc1. The van der Waals surface area contributed by atoms with Crippen LogP contribution in [0.25, 0.3) is 0 Å². The number of anilines is 1. The van der Waals surface area contributed by atoms with Crippen LogP contribution in [0, 0.1) is 0 Å². The number of thioether (sulfide) groups is 1. The van der Waals surface area contributed by atoms with Gasteiger partial charge >= 0.3 is 0 Å². The van der Waals surface area contributed by atoms with E-state index in [1.807, 2.05) is 24.3 Å². The van der Waals surface area contributed by atoms with Crippen LogP contribution in [0.3, 0.4) is 0 Å². The van der Waals surface area contributed by atoms with Crippen molar-refractivity contribution in [2.45, 2.75) is 10.9 Å². The zero-order valence-corrected chi connectivity index (χ0v) is 12.3. The molecular formula is C15H17ClN2S. The van der Waals surface area contributed by atoms with Gasteiger partial charge in [0.15, 0.2) is 0 Å². The van der Waals surface area contributed by atoms with Gasteiger partial charge in [-0.15, -0.1) is 11.8 Å². The summed E-state index contributed by atoms with van der Waals surface area (Å²) in [7, 11) is 0. The average molecular weight is 293 g/mol. The molecule has 2 rings (SSSR count). The van der Waals surface area contributed by atoms with E-state index in [-0.39, 0.29) is 6.04 Å². The van der Waals surface area contributed by atoms with Crippen LogP contribution in [0.5, 0.6) is 0 Å². The molecule has 0 saturated carbocycles. The third kappa shape index (κ3) is 3.90. The van der Waals surface area contributed by atoms with Crippen LogP contribution in [-0.4, -0.2) is 12.8 Å². The molecule has 0 spiro atoms. The molecule has 0 fully saturated rings. The minimum atomic E-state index is 0.0920. The van der Waals surface area contributed by atoms with Crippen molar-refractivity contribution in [2.24, 2.45) is 5.73 Å². The predicted octanol–water partition coefficient (Wildman–Crippen LogP) is 4.17. The molecule has 3 N–H and O–H groups in total. The van der Waals surface area contributed by atoms with Crippen molar-refractivity contribution < 1.29 is 0 Å². The normalized spacial score (nSPS) is 12.2. The number of nitrogens with one attached hydrogen (secondary N) is 1. The van der Waals surface area contributed by atoms with Gasteiger partial charge in [-0.05, 0) is 42.2 Å². The van der Waals surface area contributed by atoms with Crippen molar-refractivity contribution in [3.63, 3.8) is 0 Å². The number of benzene rings is 2. The van der Waals surface area contributed by atoms with Crippen molar-refractivity contribution in [3.05, 3.63) is 59.1 Å². The minimum Gasteiger partial charge on any atom is -0.377 e. The van der Waals surface area contributed by atoms with Crippen molar-refractivity contribution in [1.82, 2.24) is 0 Å². The van der Waals surface area contributed by atoms with Crippen LogP contribution in [0.1, 0.15) is 11.6 Å². The molecule has 0 amide bonds. The lowest BCUT2D eigenvalue weighted by molar-refractivity contribution is 0.789. The van der Waals surface area contributed by atoms with E-state index in [0.717, 1.165) is 10.7 Å². The standard InChI is InChI=1S/C15H17ClN2S/c1-19-14-7-5-11(6-8-14)15(10-17)18-13-4-2-3-12(16)9-13/h2-9,15,18H,10,17H2,1H3. The van der Waals surface area contributed by atoms with E-state index in [9.17, 15) is 0 Å². The summed E-state index contributed by atoms with van der Waals surface area (Å²) >= 11 is 7.72. The monoisotopic (exact) mass is 292 g/mol. The molecule has 0 aromatic heterocycles. The van der Waals surface area contributed by atoms with E-state index in [2.05, 4.69) is 35.8 Å². The molecule has 0 aliphatic rings. The Morgan fingerprint density at radius 3 is 2.53 bits per heavy atom. The van der Waals surface area contributed by atoms with E-state index in [1.54, 1.807) is 11.8 Å². The fourth-order valence-corrected chi connectivity index (χ4v) is 2.49. The molecular weight excluding hydrogens is 276 g/mol. The van der Waals surface area contributed by atoms with Gasteiger partial charge in [0, 0.05) is 22.2 Å². The molecule has 2 aromatic carbocycles. The van der Waals surface area contributed by atoms with Gasteiger partial charge < -0.3 is 11.1 Å². The molecule has 0 heterocycles. The molecule has 0 aliphatic carbocycles. The van der Waals surface area contributed by atoms with Gasteiger partial charge in [-0.25, -0.2) is 0 Å². The molecule has 1 atom stereocenters. The van der Waals surface area contributed by atoms with Crippen molar-refractivity contribution in [2.75, 3.05) is 18.1 Å². The van der Waals surface area contributed by atoms with Crippen molar-refractivity contribution >= 4 is 29.1 Å². The predicted molar refractivity (Wildman–Crippen MR) is 85.1 cm³/mol. The summed E-state index contributed by atoms with van der Waals surface area (Å²) in [5, 5.41) is 4.13. The molecule has 0 saturated heterocycles. The number of nitrogens with two attached hydrogens (primary N) is 1. The molecule has 100 valence electrons. The fraction of sp³-hybridized carbons (Fsp3) is 0.200. The fourth-order valence-electron chi connectivity index (χ4n) is 1.89. The molecule has 1 unspecified atom stereocenters. The van der Waals surface area contributed by atoms with Crippen molar-refractivity contribution in [3.8, 4) is 0 Å². The topological polar surface area (TPSA) is 38.0 Å². The maximum Gasteiger partial charge on any atom is 0.0636 e. The first kappa shape index (κ1) is 14.3. The van der Waals surface area contributed by atoms with Gasteiger partial charge in [-0.3, -0.25) is 0 Å². The molecule has 2 aromatic rings. The third-order valence-corrected chi connectivity index (χ3v) is 3.90. The Morgan fingerprint density at radius 2 is 1.95 bits per heavy atom.